The third-order valence-electron chi connectivity index (χ3n) is 5.04. The largest absolute Gasteiger partial charge is 0.298 e. The van der Waals surface area contributed by atoms with Crippen molar-refractivity contribution in [2.75, 3.05) is 0 Å². The zero-order valence-corrected chi connectivity index (χ0v) is 21.2. The van der Waals surface area contributed by atoms with Gasteiger partial charge < -0.3 is 0 Å². The maximum absolute atomic E-state index is 13.4. The number of carbonyl (C=O) groups excluding carboxylic acids is 1. The number of pyridine rings is 1. The van der Waals surface area contributed by atoms with Gasteiger partial charge in [0.2, 0.25) is 5.78 Å². The summed E-state index contributed by atoms with van der Waals surface area (Å²) >= 11 is 10.2. The van der Waals surface area contributed by atoms with Crippen molar-refractivity contribution in [3.63, 3.8) is 0 Å². The molecule has 0 N–H and O–H groups in total. The van der Waals surface area contributed by atoms with Crippen LogP contribution in [-0.4, -0.2) is 15.2 Å². The fourth-order valence-electron chi connectivity index (χ4n) is 3.46. The highest BCUT2D eigenvalue weighted by atomic mass is 79.9. The molecule has 5 aromatic rings. The van der Waals surface area contributed by atoms with E-state index < -0.39 is 0 Å². The number of thiophene rings is 1. The summed E-state index contributed by atoms with van der Waals surface area (Å²) in [6.07, 6.45) is 2.03. The summed E-state index contributed by atoms with van der Waals surface area (Å²) < 4.78 is 5.24. The van der Waals surface area contributed by atoms with Gasteiger partial charge in [-0.3, -0.25) is 9.20 Å². The summed E-state index contributed by atoms with van der Waals surface area (Å²) in [6.45, 7) is 2.05. The predicted molar refractivity (Wildman–Crippen MR) is 137 cm³/mol. The van der Waals surface area contributed by atoms with E-state index in [4.69, 9.17) is 4.98 Å². The molecule has 2 aromatic carbocycles. The average Bonchev–Trinajstić information content (AvgIpc) is 3.32. The Morgan fingerprint density at radius 2 is 1.71 bits per heavy atom. The van der Waals surface area contributed by atoms with Crippen molar-refractivity contribution in [1.82, 2.24) is 9.38 Å². The summed E-state index contributed by atoms with van der Waals surface area (Å²) in [5, 5.41) is 0. The monoisotopic (exact) mass is 570 g/mol. The Morgan fingerprint density at radius 3 is 2.42 bits per heavy atom. The highest BCUT2D eigenvalue weighted by Gasteiger charge is 2.24. The van der Waals surface area contributed by atoms with E-state index in [1.54, 1.807) is 11.8 Å². The van der Waals surface area contributed by atoms with Crippen LogP contribution in [0, 0.1) is 6.92 Å². The minimum absolute atomic E-state index is 0.0130. The number of imidazole rings is 1. The number of aromatic nitrogens is 2. The number of hydrogen-bond acceptors (Lipinski definition) is 4. The van der Waals surface area contributed by atoms with Gasteiger partial charge in [0.15, 0.2) is 0 Å². The number of hydrogen-bond donors (Lipinski definition) is 0. The van der Waals surface area contributed by atoms with Crippen molar-refractivity contribution in [2.24, 2.45) is 0 Å². The molecule has 154 valence electrons. The topological polar surface area (TPSA) is 34.4 Å². The number of halogens is 2. The molecule has 0 radical (unpaired) electrons. The molecular weight excluding hydrogens is 556 g/mol. The Labute approximate surface area is 204 Å². The van der Waals surface area contributed by atoms with E-state index in [0.29, 0.717) is 10.4 Å². The van der Waals surface area contributed by atoms with Crippen LogP contribution in [0.15, 0.2) is 80.0 Å². The van der Waals surface area contributed by atoms with Gasteiger partial charge in [-0.2, -0.15) is 0 Å². The average molecular weight is 572 g/mol. The number of aryl methyl sites for hydroxylation is 1. The van der Waals surface area contributed by atoms with E-state index in [2.05, 4.69) is 73.5 Å². The predicted octanol–water partition coefficient (Wildman–Crippen LogP) is 7.91. The van der Waals surface area contributed by atoms with Crippen LogP contribution >= 0.6 is 55.0 Å². The van der Waals surface area contributed by atoms with Crippen molar-refractivity contribution < 1.29 is 4.79 Å². The van der Waals surface area contributed by atoms with Gasteiger partial charge in [0.1, 0.15) is 16.0 Å². The summed E-state index contributed by atoms with van der Waals surface area (Å²) in [6, 6.07) is 19.9. The van der Waals surface area contributed by atoms with Crippen LogP contribution in [0.3, 0.4) is 0 Å². The molecule has 3 nitrogen and oxygen atoms in total. The van der Waals surface area contributed by atoms with Gasteiger partial charge in [0, 0.05) is 26.5 Å². The second-order valence-electron chi connectivity index (χ2n) is 7.16. The fraction of sp³-hybridized carbons (Fsp3) is 0.0833. The van der Waals surface area contributed by atoms with Crippen LogP contribution in [0.4, 0.5) is 0 Å². The van der Waals surface area contributed by atoms with Crippen molar-refractivity contribution >= 4 is 77.4 Å². The molecule has 0 aliphatic heterocycles. The number of rotatable bonds is 5. The number of benzene rings is 2. The summed E-state index contributed by atoms with van der Waals surface area (Å²) in [5.41, 5.74) is 5.70. The third kappa shape index (κ3) is 4.00. The smallest absolute Gasteiger partial charge is 0.205 e. The molecule has 0 aliphatic carbocycles. The van der Waals surface area contributed by atoms with Crippen LogP contribution in [0.2, 0.25) is 0 Å². The molecule has 0 unspecified atom stereocenters. The molecular formula is C24H16Br2N2OS2. The van der Waals surface area contributed by atoms with Crippen LogP contribution in [-0.2, 0) is 5.75 Å². The van der Waals surface area contributed by atoms with Gasteiger partial charge in [-0.05, 0) is 60.5 Å². The lowest BCUT2D eigenvalue weighted by Gasteiger charge is -2.03. The summed E-state index contributed by atoms with van der Waals surface area (Å²) in [7, 11) is 0. The van der Waals surface area contributed by atoms with Crippen LogP contribution in [0.1, 0.15) is 26.4 Å². The van der Waals surface area contributed by atoms with E-state index >= 15 is 0 Å². The molecule has 31 heavy (non-hydrogen) atoms. The lowest BCUT2D eigenvalue weighted by Crippen LogP contribution is -1.98. The highest BCUT2D eigenvalue weighted by molar-refractivity contribution is 9.10. The minimum Gasteiger partial charge on any atom is -0.298 e. The highest BCUT2D eigenvalue weighted by Crippen LogP contribution is 2.41. The first-order chi connectivity index (χ1) is 15.0. The van der Waals surface area contributed by atoms with Crippen molar-refractivity contribution in [1.29, 1.82) is 0 Å². The number of nitrogens with zero attached hydrogens (tertiary/aromatic N) is 2. The SMILES string of the molecule is Cc1cccn2c1nc1c(C(=O)c3ccc(Br)cc3)sc(SCc3ccc(Br)cc3)c12. The zero-order chi connectivity index (χ0) is 21.5. The van der Waals surface area contributed by atoms with E-state index in [9.17, 15) is 4.79 Å². The Hall–Kier alpha value is -1.93. The maximum Gasteiger partial charge on any atom is 0.205 e. The van der Waals surface area contributed by atoms with Crippen LogP contribution in [0.5, 0.6) is 0 Å². The molecule has 0 saturated carbocycles. The number of carbonyl (C=O) groups is 1. The van der Waals surface area contributed by atoms with Gasteiger partial charge in [0.05, 0.1) is 9.73 Å². The van der Waals surface area contributed by atoms with Gasteiger partial charge in [0.25, 0.3) is 0 Å². The normalized spacial score (nSPS) is 11.5. The number of fused-ring (bicyclic) bond motifs is 3. The molecule has 3 heterocycles. The Kier molecular flexibility index (Phi) is 5.77. The minimum atomic E-state index is 0.0130. The van der Waals surface area contributed by atoms with Crippen molar-refractivity contribution in [3.8, 4) is 0 Å². The molecule has 0 bridgehead atoms. The number of thioether (sulfide) groups is 1. The molecule has 0 aliphatic rings. The van der Waals surface area contributed by atoms with Crippen LogP contribution in [0.25, 0.3) is 16.7 Å². The molecule has 0 saturated heterocycles. The lowest BCUT2D eigenvalue weighted by atomic mass is 10.1. The van der Waals surface area contributed by atoms with Gasteiger partial charge in [-0.1, -0.05) is 50.1 Å². The molecule has 0 fully saturated rings. The first-order valence-electron chi connectivity index (χ1n) is 9.59. The summed E-state index contributed by atoms with van der Waals surface area (Å²) in [5.74, 6) is 0.840. The second-order valence-corrected chi connectivity index (χ2v) is 11.3. The van der Waals surface area contributed by atoms with E-state index in [1.165, 1.54) is 16.9 Å². The molecule has 0 atom stereocenters. The molecule has 0 amide bonds. The third-order valence-corrected chi connectivity index (χ3v) is 8.60. The van der Waals surface area contributed by atoms with E-state index in [0.717, 1.165) is 41.2 Å². The maximum atomic E-state index is 13.4. The van der Waals surface area contributed by atoms with E-state index in [1.807, 2.05) is 36.5 Å². The van der Waals surface area contributed by atoms with Crippen LogP contribution < -0.4 is 0 Å². The Bertz CT molecular complexity index is 1420. The molecule has 0 spiro atoms. The van der Waals surface area contributed by atoms with Crippen molar-refractivity contribution in [3.05, 3.63) is 97.4 Å². The Balaban J connectivity index is 1.62. The second kappa shape index (κ2) is 8.54. The van der Waals surface area contributed by atoms with Crippen molar-refractivity contribution in [2.45, 2.75) is 16.9 Å². The quantitative estimate of drug-likeness (QED) is 0.159. The molecule has 7 heteroatoms. The fourth-order valence-corrected chi connectivity index (χ4v) is 6.40. The standard InChI is InChI=1S/C24H16Br2N2OS2/c1-14-3-2-12-28-20-19(27-23(14)28)22(21(29)16-6-10-18(26)11-7-16)31-24(20)30-13-15-4-8-17(25)9-5-15/h2-12H,13H2,1H3. The van der Waals surface area contributed by atoms with Gasteiger partial charge in [-0.15, -0.1) is 23.1 Å². The van der Waals surface area contributed by atoms with Gasteiger partial charge in [-0.25, -0.2) is 4.98 Å². The Morgan fingerprint density at radius 1 is 1.03 bits per heavy atom. The first kappa shape index (κ1) is 20.9. The van der Waals surface area contributed by atoms with E-state index in [-0.39, 0.29) is 5.78 Å². The lowest BCUT2D eigenvalue weighted by molar-refractivity contribution is 0.104. The zero-order valence-electron chi connectivity index (χ0n) is 16.4. The first-order valence-corrected chi connectivity index (χ1v) is 13.0. The molecule has 5 rings (SSSR count). The molecule has 3 aromatic heterocycles. The van der Waals surface area contributed by atoms with Gasteiger partial charge >= 0.3 is 0 Å². The summed E-state index contributed by atoms with van der Waals surface area (Å²) in [4.78, 5) is 19.0. The number of ketones is 1.